The first-order chi connectivity index (χ1) is 8.85. The molecule has 0 aliphatic rings. The molecular formula is C13H18BrN3O2. The van der Waals surface area contributed by atoms with Crippen LogP contribution in [-0.4, -0.2) is 34.9 Å². The van der Waals surface area contributed by atoms with E-state index in [0.717, 1.165) is 10.0 Å². The van der Waals surface area contributed by atoms with Crippen molar-refractivity contribution in [2.45, 2.75) is 26.3 Å². The van der Waals surface area contributed by atoms with E-state index < -0.39 is 0 Å². The number of aryl methyl sites for hydroxylation is 1. The maximum Gasteiger partial charge on any atom is 0.253 e. The number of oxime groups is 1. The molecule has 0 radical (unpaired) electrons. The van der Waals surface area contributed by atoms with Crippen LogP contribution in [0.2, 0.25) is 0 Å². The molecule has 0 bridgehead atoms. The van der Waals surface area contributed by atoms with E-state index in [0.29, 0.717) is 12.0 Å². The average Bonchev–Trinajstić information content (AvgIpc) is 2.35. The molecule has 1 rings (SSSR count). The predicted octanol–water partition coefficient (Wildman–Crippen LogP) is 2.35. The summed E-state index contributed by atoms with van der Waals surface area (Å²) in [5.41, 5.74) is 7.07. The maximum atomic E-state index is 12.3. The highest BCUT2D eigenvalue weighted by molar-refractivity contribution is 9.10. The summed E-state index contributed by atoms with van der Waals surface area (Å²) in [5, 5.41) is 11.5. The van der Waals surface area contributed by atoms with Gasteiger partial charge in [0.15, 0.2) is 0 Å². The fraction of sp³-hybridized carbons (Fsp3) is 0.385. The standard InChI is InChI=1S/C13H18BrN3O2/c1-8-4-10(7-11(14)5-8)13(18)17(3)9(2)6-12(15)16-19/h4-5,7,9,19H,6H2,1-3H3,(H2,15,16). The molecule has 6 heteroatoms. The van der Waals surface area contributed by atoms with E-state index in [1.807, 2.05) is 26.0 Å². The molecule has 0 aliphatic carbocycles. The van der Waals surface area contributed by atoms with Gasteiger partial charge in [-0.2, -0.15) is 0 Å². The van der Waals surface area contributed by atoms with Gasteiger partial charge < -0.3 is 15.8 Å². The normalized spacial score (nSPS) is 13.2. The van der Waals surface area contributed by atoms with E-state index in [1.165, 1.54) is 0 Å². The van der Waals surface area contributed by atoms with Gasteiger partial charge in [0.25, 0.3) is 5.91 Å². The summed E-state index contributed by atoms with van der Waals surface area (Å²) in [5.74, 6) is 0.0141. The highest BCUT2D eigenvalue weighted by Crippen LogP contribution is 2.17. The summed E-state index contributed by atoms with van der Waals surface area (Å²) in [4.78, 5) is 13.9. The third kappa shape index (κ3) is 4.24. The van der Waals surface area contributed by atoms with Gasteiger partial charge in [-0.3, -0.25) is 4.79 Å². The number of amides is 1. The molecule has 1 unspecified atom stereocenters. The van der Waals surface area contributed by atoms with E-state index in [2.05, 4.69) is 21.1 Å². The largest absolute Gasteiger partial charge is 0.409 e. The molecule has 1 aromatic carbocycles. The number of nitrogens with two attached hydrogens (primary N) is 1. The highest BCUT2D eigenvalue weighted by atomic mass is 79.9. The van der Waals surface area contributed by atoms with Crippen molar-refractivity contribution in [2.75, 3.05) is 7.05 Å². The van der Waals surface area contributed by atoms with Crippen LogP contribution in [-0.2, 0) is 0 Å². The molecule has 5 nitrogen and oxygen atoms in total. The molecule has 19 heavy (non-hydrogen) atoms. The van der Waals surface area contributed by atoms with Crippen molar-refractivity contribution in [2.24, 2.45) is 10.9 Å². The Labute approximate surface area is 121 Å². The van der Waals surface area contributed by atoms with E-state index in [1.54, 1.807) is 18.0 Å². The lowest BCUT2D eigenvalue weighted by atomic mass is 10.1. The average molecular weight is 328 g/mol. The molecular weight excluding hydrogens is 310 g/mol. The summed E-state index contributed by atoms with van der Waals surface area (Å²) in [7, 11) is 1.70. The second-order valence-electron chi connectivity index (χ2n) is 4.58. The van der Waals surface area contributed by atoms with Crippen LogP contribution >= 0.6 is 15.9 Å². The first-order valence-corrected chi connectivity index (χ1v) is 6.65. The molecule has 3 N–H and O–H groups in total. The fourth-order valence-electron chi connectivity index (χ4n) is 1.74. The number of nitrogens with zero attached hydrogens (tertiary/aromatic N) is 2. The van der Waals surface area contributed by atoms with E-state index in [4.69, 9.17) is 10.9 Å². The monoisotopic (exact) mass is 327 g/mol. The minimum absolute atomic E-state index is 0.0948. The van der Waals surface area contributed by atoms with Gasteiger partial charge in [-0.05, 0) is 37.6 Å². The number of benzene rings is 1. The predicted molar refractivity (Wildman–Crippen MR) is 78.5 cm³/mol. The van der Waals surface area contributed by atoms with Gasteiger partial charge in [0.1, 0.15) is 5.84 Å². The summed E-state index contributed by atoms with van der Waals surface area (Å²) < 4.78 is 0.869. The van der Waals surface area contributed by atoms with Crippen LogP contribution in [0.5, 0.6) is 0 Å². The molecule has 0 heterocycles. The minimum Gasteiger partial charge on any atom is -0.409 e. The van der Waals surface area contributed by atoms with Gasteiger partial charge in [-0.15, -0.1) is 0 Å². The van der Waals surface area contributed by atoms with Crippen molar-refractivity contribution in [3.05, 3.63) is 33.8 Å². The number of amidine groups is 1. The Hall–Kier alpha value is -1.56. The summed E-state index contributed by atoms with van der Waals surface area (Å²) in [6.07, 6.45) is 0.325. The molecule has 1 amide bonds. The zero-order chi connectivity index (χ0) is 14.6. The molecule has 0 spiro atoms. The second kappa shape index (κ2) is 6.56. The third-order valence-corrected chi connectivity index (χ3v) is 3.36. The third-order valence-electron chi connectivity index (χ3n) is 2.90. The van der Waals surface area contributed by atoms with Crippen molar-refractivity contribution in [1.29, 1.82) is 0 Å². The molecule has 1 atom stereocenters. The Bertz CT molecular complexity index is 482. The molecule has 104 valence electrons. The number of carbonyl (C=O) groups excluding carboxylic acids is 1. The topological polar surface area (TPSA) is 78.9 Å². The van der Waals surface area contributed by atoms with Gasteiger partial charge in [-0.1, -0.05) is 21.1 Å². The van der Waals surface area contributed by atoms with E-state index in [-0.39, 0.29) is 17.8 Å². The van der Waals surface area contributed by atoms with Crippen molar-refractivity contribution in [3.63, 3.8) is 0 Å². The highest BCUT2D eigenvalue weighted by Gasteiger charge is 2.19. The van der Waals surface area contributed by atoms with Crippen LogP contribution in [0.4, 0.5) is 0 Å². The first-order valence-electron chi connectivity index (χ1n) is 5.86. The maximum absolute atomic E-state index is 12.3. The van der Waals surface area contributed by atoms with Crippen molar-refractivity contribution >= 4 is 27.7 Å². The molecule has 1 aromatic rings. The number of hydrogen-bond donors (Lipinski definition) is 2. The van der Waals surface area contributed by atoms with Gasteiger partial charge in [0.05, 0.1) is 0 Å². The number of halogens is 1. The number of hydrogen-bond acceptors (Lipinski definition) is 3. The molecule has 0 saturated carbocycles. The van der Waals surface area contributed by atoms with Gasteiger partial charge in [0.2, 0.25) is 0 Å². The van der Waals surface area contributed by atoms with Crippen molar-refractivity contribution in [3.8, 4) is 0 Å². The minimum atomic E-state index is -0.150. The smallest absolute Gasteiger partial charge is 0.253 e. The quantitative estimate of drug-likeness (QED) is 0.385. The lowest BCUT2D eigenvalue weighted by Crippen LogP contribution is -2.37. The van der Waals surface area contributed by atoms with Crippen LogP contribution in [0.15, 0.2) is 27.8 Å². The summed E-state index contributed by atoms with van der Waals surface area (Å²) in [6, 6.07) is 5.40. The van der Waals surface area contributed by atoms with Gasteiger partial charge >= 0.3 is 0 Å². The zero-order valence-electron chi connectivity index (χ0n) is 11.2. The fourth-order valence-corrected chi connectivity index (χ4v) is 2.35. The Morgan fingerprint density at radius 3 is 2.68 bits per heavy atom. The van der Waals surface area contributed by atoms with E-state index in [9.17, 15) is 4.79 Å². The Balaban J connectivity index is 2.87. The van der Waals surface area contributed by atoms with Crippen molar-refractivity contribution < 1.29 is 10.0 Å². The lowest BCUT2D eigenvalue weighted by molar-refractivity contribution is 0.0747. The molecule has 0 saturated heterocycles. The number of carbonyl (C=O) groups is 1. The SMILES string of the molecule is Cc1cc(Br)cc(C(=O)N(C)C(C)C/C(N)=N/O)c1. The van der Waals surface area contributed by atoms with E-state index >= 15 is 0 Å². The molecule has 0 aliphatic heterocycles. The Kier molecular flexibility index (Phi) is 5.35. The molecule has 0 fully saturated rings. The van der Waals surface area contributed by atoms with Gasteiger partial charge in [0, 0.05) is 29.5 Å². The Morgan fingerprint density at radius 1 is 1.53 bits per heavy atom. The zero-order valence-corrected chi connectivity index (χ0v) is 12.8. The first kappa shape index (κ1) is 15.5. The van der Waals surface area contributed by atoms with Crippen LogP contribution < -0.4 is 5.73 Å². The Morgan fingerprint density at radius 2 is 2.16 bits per heavy atom. The second-order valence-corrected chi connectivity index (χ2v) is 5.49. The van der Waals surface area contributed by atoms with Crippen molar-refractivity contribution in [1.82, 2.24) is 4.90 Å². The van der Waals surface area contributed by atoms with Crippen LogP contribution in [0, 0.1) is 6.92 Å². The summed E-state index contributed by atoms with van der Waals surface area (Å²) in [6.45, 7) is 3.78. The summed E-state index contributed by atoms with van der Waals surface area (Å²) >= 11 is 3.38. The number of rotatable bonds is 4. The van der Waals surface area contributed by atoms with Crippen LogP contribution in [0.1, 0.15) is 29.3 Å². The van der Waals surface area contributed by atoms with Crippen LogP contribution in [0.3, 0.4) is 0 Å². The molecule has 0 aromatic heterocycles. The van der Waals surface area contributed by atoms with Gasteiger partial charge in [-0.25, -0.2) is 0 Å². The lowest BCUT2D eigenvalue weighted by Gasteiger charge is -2.24. The van der Waals surface area contributed by atoms with Crippen LogP contribution in [0.25, 0.3) is 0 Å².